The molecule has 1 atom stereocenters. The molecule has 1 aromatic carbocycles. The lowest BCUT2D eigenvalue weighted by Gasteiger charge is -2.01. The number of aryl methyl sites for hydroxylation is 1. The molecule has 1 heterocycles. The zero-order valence-corrected chi connectivity index (χ0v) is 9.70. The number of nitrogens with one attached hydrogen (secondary N) is 1. The molecule has 3 N–H and O–H groups in total. The fourth-order valence-corrected chi connectivity index (χ4v) is 1.73. The van der Waals surface area contributed by atoms with E-state index in [1.165, 1.54) is 11.1 Å². The summed E-state index contributed by atoms with van der Waals surface area (Å²) >= 11 is 0. The molecule has 0 aliphatic rings. The molecule has 84 valence electrons. The van der Waals surface area contributed by atoms with Gasteiger partial charge in [-0.1, -0.05) is 23.8 Å². The standard InChI is InChI=1S/C13H17N3/c1-9-4-3-5-11(6-9)12-8-15-13(16-12)7-10(2)14/h3-6,8,10H,7,14H2,1-2H3,(H,15,16). The number of H-pyrrole nitrogens is 1. The van der Waals surface area contributed by atoms with Crippen LogP contribution in [0.4, 0.5) is 0 Å². The van der Waals surface area contributed by atoms with E-state index in [9.17, 15) is 0 Å². The summed E-state index contributed by atoms with van der Waals surface area (Å²) < 4.78 is 0. The van der Waals surface area contributed by atoms with Gasteiger partial charge in [-0.3, -0.25) is 0 Å². The Kier molecular flexibility index (Phi) is 3.06. The lowest BCUT2D eigenvalue weighted by molar-refractivity contribution is 0.710. The van der Waals surface area contributed by atoms with Crippen LogP contribution in [-0.2, 0) is 6.42 Å². The molecule has 0 aliphatic carbocycles. The molecule has 3 heteroatoms. The number of benzene rings is 1. The van der Waals surface area contributed by atoms with Gasteiger partial charge in [0.2, 0.25) is 0 Å². The van der Waals surface area contributed by atoms with Crippen molar-refractivity contribution in [3.05, 3.63) is 41.9 Å². The summed E-state index contributed by atoms with van der Waals surface area (Å²) in [7, 11) is 0. The van der Waals surface area contributed by atoms with Crippen LogP contribution in [0.2, 0.25) is 0 Å². The highest BCUT2D eigenvalue weighted by molar-refractivity contribution is 5.59. The minimum absolute atomic E-state index is 0.136. The second-order valence-electron chi connectivity index (χ2n) is 4.29. The van der Waals surface area contributed by atoms with Crippen molar-refractivity contribution in [3.63, 3.8) is 0 Å². The number of rotatable bonds is 3. The van der Waals surface area contributed by atoms with Crippen molar-refractivity contribution in [1.82, 2.24) is 9.97 Å². The summed E-state index contributed by atoms with van der Waals surface area (Å²) in [4.78, 5) is 7.62. The van der Waals surface area contributed by atoms with Crippen LogP contribution in [0.15, 0.2) is 30.5 Å². The second kappa shape index (κ2) is 4.49. The highest BCUT2D eigenvalue weighted by Gasteiger charge is 2.04. The van der Waals surface area contributed by atoms with Crippen molar-refractivity contribution in [2.45, 2.75) is 26.3 Å². The fourth-order valence-electron chi connectivity index (χ4n) is 1.73. The normalized spacial score (nSPS) is 12.7. The number of imidazole rings is 1. The van der Waals surface area contributed by atoms with Gasteiger partial charge in [-0.05, 0) is 25.5 Å². The number of aromatic nitrogens is 2. The maximum atomic E-state index is 5.74. The van der Waals surface area contributed by atoms with E-state index in [1.807, 2.05) is 13.1 Å². The maximum absolute atomic E-state index is 5.74. The summed E-state index contributed by atoms with van der Waals surface area (Å²) in [6.07, 6.45) is 2.65. The van der Waals surface area contributed by atoms with Crippen molar-refractivity contribution >= 4 is 0 Å². The van der Waals surface area contributed by atoms with Gasteiger partial charge in [0.15, 0.2) is 0 Å². The lowest BCUT2D eigenvalue weighted by Crippen LogP contribution is -2.18. The van der Waals surface area contributed by atoms with E-state index in [0.29, 0.717) is 0 Å². The molecule has 0 aliphatic heterocycles. The molecule has 2 aromatic rings. The molecule has 0 spiro atoms. The minimum Gasteiger partial charge on any atom is -0.342 e. The SMILES string of the molecule is Cc1cccc(-c2cnc(CC(C)N)[nH]2)c1. The average Bonchev–Trinajstić information content (AvgIpc) is 2.65. The Morgan fingerprint density at radius 3 is 2.94 bits per heavy atom. The van der Waals surface area contributed by atoms with Gasteiger partial charge in [-0.2, -0.15) is 0 Å². The summed E-state index contributed by atoms with van der Waals surface area (Å²) in [5.74, 6) is 0.950. The van der Waals surface area contributed by atoms with E-state index in [1.54, 1.807) is 0 Å². The van der Waals surface area contributed by atoms with Crippen LogP contribution in [0.5, 0.6) is 0 Å². The largest absolute Gasteiger partial charge is 0.342 e. The lowest BCUT2D eigenvalue weighted by atomic mass is 10.1. The van der Waals surface area contributed by atoms with Gasteiger partial charge >= 0.3 is 0 Å². The highest BCUT2D eigenvalue weighted by atomic mass is 14.9. The van der Waals surface area contributed by atoms with Gasteiger partial charge in [-0.25, -0.2) is 4.98 Å². The molecule has 0 fully saturated rings. The first-order chi connectivity index (χ1) is 7.65. The Balaban J connectivity index is 2.24. The van der Waals surface area contributed by atoms with E-state index >= 15 is 0 Å². The smallest absolute Gasteiger partial charge is 0.108 e. The Bertz CT molecular complexity index is 472. The minimum atomic E-state index is 0.136. The number of aromatic amines is 1. The van der Waals surface area contributed by atoms with Gasteiger partial charge in [-0.15, -0.1) is 0 Å². The third kappa shape index (κ3) is 2.49. The fraction of sp³-hybridized carbons (Fsp3) is 0.308. The van der Waals surface area contributed by atoms with Crippen molar-refractivity contribution in [2.75, 3.05) is 0 Å². The highest BCUT2D eigenvalue weighted by Crippen LogP contribution is 2.18. The van der Waals surface area contributed by atoms with Gasteiger partial charge < -0.3 is 10.7 Å². The van der Waals surface area contributed by atoms with Crippen LogP contribution in [0.1, 0.15) is 18.3 Å². The molecule has 3 nitrogen and oxygen atoms in total. The first-order valence-corrected chi connectivity index (χ1v) is 5.51. The van der Waals surface area contributed by atoms with Gasteiger partial charge in [0.25, 0.3) is 0 Å². The third-order valence-electron chi connectivity index (χ3n) is 2.47. The van der Waals surface area contributed by atoms with E-state index in [0.717, 1.165) is 17.9 Å². The second-order valence-corrected chi connectivity index (χ2v) is 4.29. The molecule has 1 unspecified atom stereocenters. The topological polar surface area (TPSA) is 54.7 Å². The number of nitrogens with two attached hydrogens (primary N) is 1. The summed E-state index contributed by atoms with van der Waals surface area (Å²) in [5.41, 5.74) is 9.21. The Labute approximate surface area is 95.7 Å². The number of hydrogen-bond donors (Lipinski definition) is 2. The van der Waals surface area contributed by atoms with Crippen LogP contribution in [0, 0.1) is 6.92 Å². The first kappa shape index (κ1) is 10.9. The van der Waals surface area contributed by atoms with Gasteiger partial charge in [0, 0.05) is 12.5 Å². The third-order valence-corrected chi connectivity index (χ3v) is 2.47. The number of nitrogens with zero attached hydrogens (tertiary/aromatic N) is 1. The summed E-state index contributed by atoms with van der Waals surface area (Å²) in [6.45, 7) is 4.07. The first-order valence-electron chi connectivity index (χ1n) is 5.51. The summed E-state index contributed by atoms with van der Waals surface area (Å²) in [5, 5.41) is 0. The van der Waals surface area contributed by atoms with Crippen LogP contribution >= 0.6 is 0 Å². The zero-order valence-electron chi connectivity index (χ0n) is 9.70. The molecule has 0 amide bonds. The van der Waals surface area contributed by atoms with Gasteiger partial charge in [0.1, 0.15) is 5.82 Å². The molecule has 16 heavy (non-hydrogen) atoms. The van der Waals surface area contributed by atoms with E-state index in [2.05, 4.69) is 41.2 Å². The Morgan fingerprint density at radius 1 is 1.44 bits per heavy atom. The maximum Gasteiger partial charge on any atom is 0.108 e. The predicted molar refractivity (Wildman–Crippen MR) is 66.1 cm³/mol. The molecular weight excluding hydrogens is 198 g/mol. The van der Waals surface area contributed by atoms with Crippen molar-refractivity contribution in [2.24, 2.45) is 5.73 Å². The molecular formula is C13H17N3. The quantitative estimate of drug-likeness (QED) is 0.825. The van der Waals surface area contributed by atoms with Crippen molar-refractivity contribution < 1.29 is 0 Å². The van der Waals surface area contributed by atoms with Gasteiger partial charge in [0.05, 0.1) is 11.9 Å². The van der Waals surface area contributed by atoms with E-state index in [-0.39, 0.29) is 6.04 Å². The monoisotopic (exact) mass is 215 g/mol. The van der Waals surface area contributed by atoms with Crippen LogP contribution in [0.25, 0.3) is 11.3 Å². The Hall–Kier alpha value is -1.61. The Morgan fingerprint density at radius 2 is 2.25 bits per heavy atom. The number of hydrogen-bond acceptors (Lipinski definition) is 2. The molecule has 1 aromatic heterocycles. The molecule has 0 bridgehead atoms. The van der Waals surface area contributed by atoms with Crippen LogP contribution < -0.4 is 5.73 Å². The molecule has 0 radical (unpaired) electrons. The van der Waals surface area contributed by atoms with Crippen LogP contribution in [-0.4, -0.2) is 16.0 Å². The average molecular weight is 215 g/mol. The van der Waals surface area contributed by atoms with Crippen molar-refractivity contribution in [3.8, 4) is 11.3 Å². The van der Waals surface area contributed by atoms with Crippen molar-refractivity contribution in [1.29, 1.82) is 0 Å². The van der Waals surface area contributed by atoms with E-state index in [4.69, 9.17) is 5.73 Å². The zero-order chi connectivity index (χ0) is 11.5. The molecule has 0 saturated carbocycles. The predicted octanol–water partition coefficient (Wildman–Crippen LogP) is 2.27. The van der Waals surface area contributed by atoms with E-state index < -0.39 is 0 Å². The molecule has 0 saturated heterocycles. The van der Waals surface area contributed by atoms with Crippen LogP contribution in [0.3, 0.4) is 0 Å². The molecule has 2 rings (SSSR count). The summed E-state index contributed by atoms with van der Waals surface area (Å²) in [6, 6.07) is 8.50.